The molecular weight excluding hydrogens is 632 g/mol. The van der Waals surface area contributed by atoms with Gasteiger partial charge in [-0.25, -0.2) is 4.98 Å². The molecule has 2 aliphatic heterocycles. The van der Waals surface area contributed by atoms with Crippen LogP contribution in [0.4, 0.5) is 0 Å². The van der Waals surface area contributed by atoms with Crippen molar-refractivity contribution in [1.82, 2.24) is 19.8 Å². The number of rotatable bonds is 10. The summed E-state index contributed by atoms with van der Waals surface area (Å²) in [5, 5.41) is 28.9. The van der Waals surface area contributed by atoms with Gasteiger partial charge in [-0.2, -0.15) is 0 Å². The fourth-order valence-electron chi connectivity index (χ4n) is 8.30. The highest BCUT2D eigenvalue weighted by molar-refractivity contribution is 5.95. The molecule has 10 heteroatoms. The van der Waals surface area contributed by atoms with E-state index in [1.807, 2.05) is 60.7 Å². The van der Waals surface area contributed by atoms with Crippen molar-refractivity contribution >= 4 is 5.78 Å². The number of hydrogen-bond donors (Lipinski definition) is 3. The van der Waals surface area contributed by atoms with Crippen LogP contribution in [0, 0.1) is 23.7 Å². The standard InChI is InChI=1S/C20H24N2O3.C20H22N2O3/c2*23-16-6-7-19(21-10-16)20(24)13-22-11-14-8-18(9-15(14)12-22)25-17-4-2-1-3-5-17/h1-7,10,14-15,18,20,23-24H,8-9,11-13H2;1-7,10,14-15,18,23H,8-9,11-13H2/t14-,15+,18?,20-;14-,15+,18?/m1./s1. The van der Waals surface area contributed by atoms with E-state index >= 15 is 0 Å². The SMILES string of the molecule is O=C(CN1C[C@H]2CC(Oc3ccccc3)C[C@H]2C1)c1ccc(O)cn1.Oc1ccc([C@H](O)CN2C[C@H]3CC(Oc4ccccc4)C[C@H]3C2)nc1. The number of hydrogen-bond acceptors (Lipinski definition) is 10. The van der Waals surface area contributed by atoms with Crippen molar-refractivity contribution in [2.45, 2.75) is 44.0 Å². The molecule has 8 rings (SSSR count). The number of ether oxygens (including phenoxy) is 2. The highest BCUT2D eigenvalue weighted by Crippen LogP contribution is 2.41. The Balaban J connectivity index is 0.000000157. The van der Waals surface area contributed by atoms with Crippen LogP contribution in [0.3, 0.4) is 0 Å². The van der Waals surface area contributed by atoms with Crippen LogP contribution in [0.15, 0.2) is 97.3 Å². The predicted molar refractivity (Wildman–Crippen MR) is 188 cm³/mol. The van der Waals surface area contributed by atoms with Gasteiger partial charge in [0.2, 0.25) is 0 Å². The van der Waals surface area contributed by atoms with Crippen LogP contribution >= 0.6 is 0 Å². The molecule has 2 aromatic heterocycles. The van der Waals surface area contributed by atoms with Gasteiger partial charge in [0.05, 0.1) is 36.8 Å². The van der Waals surface area contributed by atoms with E-state index < -0.39 is 6.10 Å². The molecule has 2 unspecified atom stereocenters. The van der Waals surface area contributed by atoms with Gasteiger partial charge in [-0.05, 0) is 97.9 Å². The third kappa shape index (κ3) is 8.61. The molecule has 0 bridgehead atoms. The van der Waals surface area contributed by atoms with Gasteiger partial charge >= 0.3 is 0 Å². The normalized spacial score (nSPS) is 26.4. The van der Waals surface area contributed by atoms with E-state index in [9.17, 15) is 20.1 Å². The maximum Gasteiger partial charge on any atom is 0.195 e. The minimum absolute atomic E-state index is 0.0112. The first kappa shape index (κ1) is 34.0. The van der Waals surface area contributed by atoms with E-state index in [4.69, 9.17) is 9.47 Å². The molecular formula is C40H46N4O6. The van der Waals surface area contributed by atoms with E-state index in [1.165, 1.54) is 18.5 Å². The summed E-state index contributed by atoms with van der Waals surface area (Å²) < 4.78 is 12.2. The van der Waals surface area contributed by atoms with Gasteiger partial charge in [-0.1, -0.05) is 36.4 Å². The van der Waals surface area contributed by atoms with Crippen LogP contribution in [-0.4, -0.2) is 92.3 Å². The summed E-state index contributed by atoms with van der Waals surface area (Å²) in [5.74, 6) is 4.62. The Morgan fingerprint density at radius 2 is 1.14 bits per heavy atom. The second kappa shape index (κ2) is 15.6. The highest BCUT2D eigenvalue weighted by atomic mass is 16.5. The van der Waals surface area contributed by atoms with Gasteiger partial charge < -0.3 is 24.8 Å². The first-order chi connectivity index (χ1) is 24.3. The summed E-state index contributed by atoms with van der Waals surface area (Å²) in [5.41, 5.74) is 1.03. The van der Waals surface area contributed by atoms with E-state index in [1.54, 1.807) is 18.2 Å². The van der Waals surface area contributed by atoms with Gasteiger partial charge in [0, 0.05) is 32.7 Å². The Kier molecular flexibility index (Phi) is 10.6. The van der Waals surface area contributed by atoms with Crippen LogP contribution in [0.25, 0.3) is 0 Å². The summed E-state index contributed by atoms with van der Waals surface area (Å²) in [4.78, 5) is 25.0. The fourth-order valence-corrected chi connectivity index (χ4v) is 8.30. The lowest BCUT2D eigenvalue weighted by Gasteiger charge is -2.22. The monoisotopic (exact) mass is 678 g/mol. The fraction of sp³-hybridized carbons (Fsp3) is 0.425. The van der Waals surface area contributed by atoms with Crippen molar-refractivity contribution in [3.8, 4) is 23.0 Å². The number of aliphatic hydroxyl groups is 1. The van der Waals surface area contributed by atoms with Crippen molar-refractivity contribution in [1.29, 1.82) is 0 Å². The van der Waals surface area contributed by atoms with Crippen LogP contribution in [0.1, 0.15) is 48.0 Å². The number of aromatic nitrogens is 2. The van der Waals surface area contributed by atoms with E-state index in [0.717, 1.165) is 63.4 Å². The van der Waals surface area contributed by atoms with Crippen molar-refractivity contribution in [2.24, 2.45) is 23.7 Å². The lowest BCUT2D eigenvalue weighted by Crippen LogP contribution is -2.30. The molecule has 4 fully saturated rings. The summed E-state index contributed by atoms with van der Waals surface area (Å²) >= 11 is 0. The predicted octanol–water partition coefficient (Wildman–Crippen LogP) is 5.37. The second-order valence-electron chi connectivity index (χ2n) is 14.3. The lowest BCUT2D eigenvalue weighted by atomic mass is 10.0. The smallest absolute Gasteiger partial charge is 0.195 e. The molecule has 10 nitrogen and oxygen atoms in total. The summed E-state index contributed by atoms with van der Waals surface area (Å²) in [6.45, 7) is 4.90. The number of benzene rings is 2. The molecule has 4 aromatic rings. The largest absolute Gasteiger partial charge is 0.506 e. The molecule has 2 aliphatic carbocycles. The van der Waals surface area contributed by atoms with Gasteiger partial charge in [0.1, 0.15) is 34.8 Å². The number of carbonyl (C=O) groups excluding carboxylic acids is 1. The Morgan fingerprint density at radius 1 is 0.660 bits per heavy atom. The summed E-state index contributed by atoms with van der Waals surface area (Å²) in [7, 11) is 0. The molecule has 4 heterocycles. The number of fused-ring (bicyclic) bond motifs is 2. The maximum absolute atomic E-state index is 12.3. The minimum Gasteiger partial charge on any atom is -0.506 e. The molecule has 0 amide bonds. The molecule has 50 heavy (non-hydrogen) atoms. The summed E-state index contributed by atoms with van der Waals surface area (Å²) in [6, 6.07) is 26.4. The van der Waals surface area contributed by atoms with Crippen molar-refractivity contribution in [3.05, 3.63) is 109 Å². The first-order valence-electron chi connectivity index (χ1n) is 17.7. The molecule has 262 valence electrons. The third-order valence-corrected chi connectivity index (χ3v) is 10.6. The minimum atomic E-state index is -0.615. The second-order valence-corrected chi connectivity index (χ2v) is 14.3. The Morgan fingerprint density at radius 3 is 1.60 bits per heavy atom. The molecule has 4 aliphatic rings. The third-order valence-electron chi connectivity index (χ3n) is 10.6. The van der Waals surface area contributed by atoms with Gasteiger partial charge in [-0.15, -0.1) is 0 Å². The number of Topliss-reactive ketones (excluding diaryl/α,β-unsaturated/α-hetero) is 1. The number of aliphatic hydroxyl groups excluding tert-OH is 1. The molecule has 0 radical (unpaired) electrons. The number of β-amino-alcohol motifs (C(OH)–C–C–N with tert-alkyl or cyclic N) is 1. The number of pyridine rings is 2. The van der Waals surface area contributed by atoms with Crippen molar-refractivity contribution in [2.75, 3.05) is 39.3 Å². The van der Waals surface area contributed by atoms with Crippen LogP contribution < -0.4 is 9.47 Å². The number of nitrogens with zero attached hydrogens (tertiary/aromatic N) is 4. The van der Waals surface area contributed by atoms with Gasteiger partial charge in [0.25, 0.3) is 0 Å². The lowest BCUT2D eigenvalue weighted by molar-refractivity contribution is 0.0931. The average molecular weight is 679 g/mol. The van der Waals surface area contributed by atoms with E-state index in [-0.39, 0.29) is 23.4 Å². The molecule has 0 spiro atoms. The number of ketones is 1. The highest BCUT2D eigenvalue weighted by Gasteiger charge is 2.43. The Labute approximate surface area is 293 Å². The maximum atomic E-state index is 12.3. The van der Waals surface area contributed by atoms with Crippen LogP contribution in [-0.2, 0) is 0 Å². The molecule has 2 saturated carbocycles. The van der Waals surface area contributed by atoms with E-state index in [0.29, 0.717) is 54.3 Å². The van der Waals surface area contributed by atoms with Crippen LogP contribution in [0.2, 0.25) is 0 Å². The Hall–Kier alpha value is -4.51. The number of aromatic hydroxyl groups is 2. The zero-order valence-corrected chi connectivity index (χ0v) is 28.2. The molecule has 2 aromatic carbocycles. The van der Waals surface area contributed by atoms with Crippen LogP contribution in [0.5, 0.6) is 23.0 Å². The van der Waals surface area contributed by atoms with Gasteiger partial charge in [-0.3, -0.25) is 19.6 Å². The summed E-state index contributed by atoms with van der Waals surface area (Å²) in [6.07, 6.45) is 6.96. The Bertz CT molecular complexity index is 1650. The quantitative estimate of drug-likeness (QED) is 0.189. The van der Waals surface area contributed by atoms with Crippen molar-refractivity contribution < 1.29 is 29.6 Å². The zero-order valence-electron chi connectivity index (χ0n) is 28.2. The number of carbonyl (C=O) groups is 1. The topological polar surface area (TPSA) is 128 Å². The molecule has 7 atom stereocenters. The molecule has 2 saturated heterocycles. The van der Waals surface area contributed by atoms with Gasteiger partial charge in [0.15, 0.2) is 5.78 Å². The number of likely N-dealkylation sites (tertiary alicyclic amines) is 2. The zero-order chi connectivity index (χ0) is 34.5. The van der Waals surface area contributed by atoms with E-state index in [2.05, 4.69) is 19.8 Å². The first-order valence-corrected chi connectivity index (χ1v) is 17.7. The molecule has 3 N–H and O–H groups in total. The average Bonchev–Trinajstić information content (AvgIpc) is 3.87. The van der Waals surface area contributed by atoms with Crippen molar-refractivity contribution in [3.63, 3.8) is 0 Å². The number of para-hydroxylation sites is 2.